The number of hydrogen-bond donors (Lipinski definition) is 2. The monoisotopic (exact) mass is 333 g/mol. The number of benzene rings is 2. The normalized spacial score (nSPS) is 11.6. The van der Waals surface area contributed by atoms with Crippen molar-refractivity contribution in [3.8, 4) is 5.75 Å². The number of halogens is 1. The second kappa shape index (κ2) is 7.15. The molecule has 1 atom stereocenters. The molecule has 0 fully saturated rings. The Morgan fingerprint density at radius 1 is 1.22 bits per heavy atom. The van der Waals surface area contributed by atoms with E-state index in [9.17, 15) is 14.7 Å². The van der Waals surface area contributed by atoms with Gasteiger partial charge < -0.3 is 15.2 Å². The zero-order chi connectivity index (χ0) is 17.0. The molecule has 0 aliphatic rings. The SMILES string of the molecule is COc1ccc(Cl)cc1C(=O)N[C@H](C(=O)O)c1cccc(C)c1. The fourth-order valence-corrected chi connectivity index (χ4v) is 2.38. The Bertz CT molecular complexity index is 745. The standard InChI is InChI=1S/C17H16ClNO4/c1-10-4-3-5-11(8-10)15(17(21)22)19-16(20)13-9-12(18)6-7-14(13)23-2/h3-9,15H,1-2H3,(H,19,20)(H,21,22)/t15-/m0/s1. The van der Waals surface area contributed by atoms with E-state index in [1.54, 1.807) is 30.3 Å². The summed E-state index contributed by atoms with van der Waals surface area (Å²) in [5, 5.41) is 12.3. The predicted octanol–water partition coefficient (Wildman–Crippen LogP) is 3.21. The van der Waals surface area contributed by atoms with E-state index < -0.39 is 17.9 Å². The van der Waals surface area contributed by atoms with Crippen molar-refractivity contribution in [3.05, 3.63) is 64.2 Å². The van der Waals surface area contributed by atoms with Gasteiger partial charge in [0.1, 0.15) is 5.75 Å². The smallest absolute Gasteiger partial charge is 0.330 e. The van der Waals surface area contributed by atoms with Gasteiger partial charge in [-0.05, 0) is 30.7 Å². The Hall–Kier alpha value is -2.53. The number of carbonyl (C=O) groups excluding carboxylic acids is 1. The van der Waals surface area contributed by atoms with E-state index >= 15 is 0 Å². The lowest BCUT2D eigenvalue weighted by atomic mass is 10.0. The summed E-state index contributed by atoms with van der Waals surface area (Å²) in [5.41, 5.74) is 1.58. The molecule has 120 valence electrons. The molecule has 0 radical (unpaired) electrons. The largest absolute Gasteiger partial charge is 0.496 e. The fraction of sp³-hybridized carbons (Fsp3) is 0.176. The molecule has 2 aromatic carbocycles. The van der Waals surface area contributed by atoms with E-state index in [4.69, 9.17) is 16.3 Å². The minimum absolute atomic E-state index is 0.180. The summed E-state index contributed by atoms with van der Waals surface area (Å²) in [7, 11) is 1.43. The third kappa shape index (κ3) is 4.02. The van der Waals surface area contributed by atoms with E-state index in [0.717, 1.165) is 5.56 Å². The van der Waals surface area contributed by atoms with Crippen LogP contribution in [0.25, 0.3) is 0 Å². The lowest BCUT2D eigenvalue weighted by molar-refractivity contribution is -0.139. The van der Waals surface area contributed by atoms with Crippen LogP contribution >= 0.6 is 11.6 Å². The quantitative estimate of drug-likeness (QED) is 0.881. The second-order valence-corrected chi connectivity index (χ2v) is 5.44. The molecule has 0 saturated heterocycles. The Morgan fingerprint density at radius 3 is 2.57 bits per heavy atom. The highest BCUT2D eigenvalue weighted by Gasteiger charge is 2.24. The Balaban J connectivity index is 2.32. The molecule has 0 unspecified atom stereocenters. The van der Waals surface area contributed by atoms with E-state index in [-0.39, 0.29) is 5.56 Å². The van der Waals surface area contributed by atoms with Gasteiger partial charge in [-0.15, -0.1) is 0 Å². The number of nitrogens with one attached hydrogen (secondary N) is 1. The lowest BCUT2D eigenvalue weighted by Crippen LogP contribution is -2.34. The van der Waals surface area contributed by atoms with Crippen molar-refractivity contribution in [2.24, 2.45) is 0 Å². The molecule has 0 aliphatic carbocycles. The van der Waals surface area contributed by atoms with E-state index in [1.165, 1.54) is 13.2 Å². The van der Waals surface area contributed by atoms with Crippen LogP contribution in [0.3, 0.4) is 0 Å². The first-order valence-electron chi connectivity index (χ1n) is 6.86. The summed E-state index contributed by atoms with van der Waals surface area (Å²) in [6.07, 6.45) is 0. The number of aliphatic carboxylic acids is 1. The van der Waals surface area contributed by atoms with Crippen molar-refractivity contribution in [1.29, 1.82) is 0 Å². The number of methoxy groups -OCH3 is 1. The van der Waals surface area contributed by atoms with Gasteiger partial charge in [-0.3, -0.25) is 4.79 Å². The van der Waals surface area contributed by atoms with Crippen LogP contribution in [0.1, 0.15) is 27.5 Å². The first-order chi connectivity index (χ1) is 10.9. The zero-order valence-corrected chi connectivity index (χ0v) is 13.4. The minimum Gasteiger partial charge on any atom is -0.496 e. The average Bonchev–Trinajstić information content (AvgIpc) is 2.52. The second-order valence-electron chi connectivity index (χ2n) is 5.00. The number of aryl methyl sites for hydroxylation is 1. The van der Waals surface area contributed by atoms with Crippen molar-refractivity contribution < 1.29 is 19.4 Å². The van der Waals surface area contributed by atoms with Crippen LogP contribution in [-0.2, 0) is 4.79 Å². The first-order valence-corrected chi connectivity index (χ1v) is 7.24. The van der Waals surface area contributed by atoms with Crippen LogP contribution in [-0.4, -0.2) is 24.1 Å². The number of carboxylic acids is 1. The molecule has 0 aromatic heterocycles. The number of carbonyl (C=O) groups is 2. The topological polar surface area (TPSA) is 75.6 Å². The summed E-state index contributed by atoms with van der Waals surface area (Å²) in [6.45, 7) is 1.85. The minimum atomic E-state index is -1.16. The summed E-state index contributed by atoms with van der Waals surface area (Å²) in [5.74, 6) is -1.40. The van der Waals surface area contributed by atoms with Crippen molar-refractivity contribution in [2.75, 3.05) is 7.11 Å². The van der Waals surface area contributed by atoms with Crippen LogP contribution < -0.4 is 10.1 Å². The fourth-order valence-electron chi connectivity index (χ4n) is 2.20. The van der Waals surface area contributed by atoms with E-state index in [2.05, 4.69) is 5.32 Å². The molecule has 0 heterocycles. The van der Waals surface area contributed by atoms with E-state index in [1.807, 2.05) is 13.0 Å². The van der Waals surface area contributed by atoms with Gasteiger partial charge in [0.25, 0.3) is 5.91 Å². The van der Waals surface area contributed by atoms with Crippen LogP contribution in [0.2, 0.25) is 5.02 Å². The highest BCUT2D eigenvalue weighted by atomic mass is 35.5. The van der Waals surface area contributed by atoms with Crippen molar-refractivity contribution >= 4 is 23.5 Å². The summed E-state index contributed by atoms with van der Waals surface area (Å²) < 4.78 is 5.12. The Morgan fingerprint density at radius 2 is 1.96 bits per heavy atom. The van der Waals surface area contributed by atoms with Crippen molar-refractivity contribution in [2.45, 2.75) is 13.0 Å². The molecule has 2 rings (SSSR count). The summed E-state index contributed by atoms with van der Waals surface area (Å²) in [6, 6.07) is 10.4. The first kappa shape index (κ1) is 16.8. The van der Waals surface area contributed by atoms with Crippen LogP contribution in [0.15, 0.2) is 42.5 Å². The summed E-state index contributed by atoms with van der Waals surface area (Å²) in [4.78, 5) is 24.0. The third-order valence-corrected chi connectivity index (χ3v) is 3.54. The molecule has 0 aliphatic heterocycles. The third-order valence-electron chi connectivity index (χ3n) is 3.30. The molecule has 1 amide bonds. The van der Waals surface area contributed by atoms with Crippen molar-refractivity contribution in [3.63, 3.8) is 0 Å². The van der Waals surface area contributed by atoms with Crippen molar-refractivity contribution in [1.82, 2.24) is 5.32 Å². The van der Waals surface area contributed by atoms with Gasteiger partial charge in [0.15, 0.2) is 6.04 Å². The highest BCUT2D eigenvalue weighted by molar-refractivity contribution is 6.31. The molecule has 6 heteroatoms. The zero-order valence-electron chi connectivity index (χ0n) is 12.7. The maximum atomic E-state index is 12.4. The molecule has 5 nitrogen and oxygen atoms in total. The number of hydrogen-bond acceptors (Lipinski definition) is 3. The van der Waals surface area contributed by atoms with Gasteiger partial charge in [0.2, 0.25) is 0 Å². The highest BCUT2D eigenvalue weighted by Crippen LogP contribution is 2.24. The molecule has 0 bridgehead atoms. The predicted molar refractivity (Wildman–Crippen MR) is 87.0 cm³/mol. The van der Waals surface area contributed by atoms with Gasteiger partial charge in [-0.1, -0.05) is 41.4 Å². The maximum Gasteiger partial charge on any atom is 0.330 e. The van der Waals surface area contributed by atoms with Crippen LogP contribution in [0.5, 0.6) is 5.75 Å². The summed E-state index contributed by atoms with van der Waals surface area (Å²) >= 11 is 5.90. The average molecular weight is 334 g/mol. The number of carboxylic acid groups (broad SMARTS) is 1. The van der Waals surface area contributed by atoms with Crippen LogP contribution in [0.4, 0.5) is 0 Å². The van der Waals surface area contributed by atoms with E-state index in [0.29, 0.717) is 16.3 Å². The number of rotatable bonds is 5. The number of amides is 1. The molecule has 0 saturated carbocycles. The molecule has 2 aromatic rings. The maximum absolute atomic E-state index is 12.4. The van der Waals surface area contributed by atoms with Gasteiger partial charge >= 0.3 is 5.97 Å². The molecular weight excluding hydrogens is 318 g/mol. The Kier molecular flexibility index (Phi) is 5.24. The number of ether oxygens (including phenoxy) is 1. The van der Waals surface area contributed by atoms with Gasteiger partial charge in [0, 0.05) is 5.02 Å². The molecule has 2 N–H and O–H groups in total. The van der Waals surface area contributed by atoms with Gasteiger partial charge in [-0.25, -0.2) is 4.79 Å². The molecule has 0 spiro atoms. The van der Waals surface area contributed by atoms with Gasteiger partial charge in [-0.2, -0.15) is 0 Å². The Labute approximate surface area is 138 Å². The van der Waals surface area contributed by atoms with Crippen LogP contribution in [0, 0.1) is 6.92 Å². The van der Waals surface area contributed by atoms with Gasteiger partial charge in [0.05, 0.1) is 12.7 Å². The molecular formula is C17H16ClNO4. The molecule has 23 heavy (non-hydrogen) atoms. The lowest BCUT2D eigenvalue weighted by Gasteiger charge is -2.16.